The maximum Gasteiger partial charge on any atom is 0.227 e. The zero-order valence-electron chi connectivity index (χ0n) is 13.0. The van der Waals surface area contributed by atoms with Gasteiger partial charge in [0.1, 0.15) is 0 Å². The summed E-state index contributed by atoms with van der Waals surface area (Å²) in [7, 11) is -3.25. The summed E-state index contributed by atoms with van der Waals surface area (Å²) < 4.78 is 26.8. The maximum absolute atomic E-state index is 12.0. The van der Waals surface area contributed by atoms with Crippen LogP contribution in [-0.2, 0) is 27.7 Å². The minimum absolute atomic E-state index is 0.0769. The van der Waals surface area contributed by atoms with E-state index in [1.54, 1.807) is 13.8 Å². The SMILES string of the molecule is CC(C)S(=O)(=O)NC1Cc2ccc(N3CCCC3=O)cc2C1. The number of carbonyl (C=O) groups is 1. The molecule has 1 aliphatic heterocycles. The highest BCUT2D eigenvalue weighted by Crippen LogP contribution is 2.29. The van der Waals surface area contributed by atoms with Gasteiger partial charge in [0, 0.05) is 24.7 Å². The molecule has 1 aliphatic carbocycles. The van der Waals surface area contributed by atoms with E-state index in [-0.39, 0.29) is 11.9 Å². The van der Waals surface area contributed by atoms with Gasteiger partial charge in [0.15, 0.2) is 0 Å². The highest BCUT2D eigenvalue weighted by Gasteiger charge is 2.29. The molecule has 1 amide bonds. The van der Waals surface area contributed by atoms with Gasteiger partial charge in [-0.2, -0.15) is 0 Å². The van der Waals surface area contributed by atoms with Gasteiger partial charge in [0.25, 0.3) is 0 Å². The van der Waals surface area contributed by atoms with Crippen molar-refractivity contribution in [2.75, 3.05) is 11.4 Å². The summed E-state index contributed by atoms with van der Waals surface area (Å²) >= 11 is 0. The minimum Gasteiger partial charge on any atom is -0.312 e. The molecule has 1 aromatic carbocycles. The van der Waals surface area contributed by atoms with E-state index in [1.807, 2.05) is 23.1 Å². The standard InChI is InChI=1S/C16H22N2O3S/c1-11(2)22(20,21)17-14-8-12-5-6-15(10-13(12)9-14)18-7-3-4-16(18)19/h5-6,10-11,14,17H,3-4,7-9H2,1-2H3. The quantitative estimate of drug-likeness (QED) is 0.916. The minimum atomic E-state index is -3.25. The lowest BCUT2D eigenvalue weighted by Gasteiger charge is -2.16. The predicted molar refractivity (Wildman–Crippen MR) is 86.4 cm³/mol. The van der Waals surface area contributed by atoms with E-state index in [4.69, 9.17) is 0 Å². The Kier molecular flexibility index (Phi) is 3.99. The largest absolute Gasteiger partial charge is 0.312 e. The van der Waals surface area contributed by atoms with Crippen LogP contribution in [0.15, 0.2) is 18.2 Å². The Morgan fingerprint density at radius 1 is 1.23 bits per heavy atom. The molecule has 0 radical (unpaired) electrons. The number of hydrogen-bond acceptors (Lipinski definition) is 3. The third-order valence-corrected chi connectivity index (χ3v) is 6.36. The zero-order chi connectivity index (χ0) is 15.9. The second-order valence-electron chi connectivity index (χ2n) is 6.42. The number of fused-ring (bicyclic) bond motifs is 1. The molecule has 0 spiro atoms. The van der Waals surface area contributed by atoms with Crippen molar-refractivity contribution in [3.8, 4) is 0 Å². The number of rotatable bonds is 4. The van der Waals surface area contributed by atoms with Crippen molar-refractivity contribution < 1.29 is 13.2 Å². The van der Waals surface area contributed by atoms with E-state index < -0.39 is 15.3 Å². The monoisotopic (exact) mass is 322 g/mol. The summed E-state index contributed by atoms with van der Waals surface area (Å²) in [5.41, 5.74) is 3.26. The number of hydrogen-bond donors (Lipinski definition) is 1. The van der Waals surface area contributed by atoms with E-state index >= 15 is 0 Å². The highest BCUT2D eigenvalue weighted by molar-refractivity contribution is 7.90. The first-order valence-corrected chi connectivity index (χ1v) is 9.35. The van der Waals surface area contributed by atoms with Crippen molar-refractivity contribution in [1.29, 1.82) is 0 Å². The fraction of sp³-hybridized carbons (Fsp3) is 0.562. The van der Waals surface area contributed by atoms with Crippen LogP contribution in [-0.4, -0.2) is 32.2 Å². The molecule has 1 unspecified atom stereocenters. The lowest BCUT2D eigenvalue weighted by molar-refractivity contribution is -0.117. The molecule has 1 atom stereocenters. The summed E-state index contributed by atoms with van der Waals surface area (Å²) in [6.45, 7) is 4.14. The van der Waals surface area contributed by atoms with E-state index in [0.29, 0.717) is 12.8 Å². The van der Waals surface area contributed by atoms with Crippen LogP contribution in [0.5, 0.6) is 0 Å². The van der Waals surface area contributed by atoms with Crippen LogP contribution in [0.3, 0.4) is 0 Å². The van der Waals surface area contributed by atoms with E-state index in [0.717, 1.165) is 30.6 Å². The van der Waals surface area contributed by atoms with Crippen molar-refractivity contribution in [2.45, 2.75) is 50.8 Å². The van der Waals surface area contributed by atoms with Gasteiger partial charge in [-0.1, -0.05) is 6.07 Å². The van der Waals surface area contributed by atoms with Crippen LogP contribution < -0.4 is 9.62 Å². The van der Waals surface area contributed by atoms with Crippen molar-refractivity contribution in [2.24, 2.45) is 0 Å². The van der Waals surface area contributed by atoms with Crippen molar-refractivity contribution in [3.05, 3.63) is 29.3 Å². The molecular weight excluding hydrogens is 300 g/mol. The number of carbonyl (C=O) groups excluding carboxylic acids is 1. The van der Waals surface area contributed by atoms with Crippen LogP contribution in [0.25, 0.3) is 0 Å². The van der Waals surface area contributed by atoms with Crippen molar-refractivity contribution in [3.63, 3.8) is 0 Å². The molecule has 1 aromatic rings. The number of anilines is 1. The van der Waals surface area contributed by atoms with Crippen LogP contribution >= 0.6 is 0 Å². The second kappa shape index (κ2) is 5.66. The summed E-state index contributed by atoms with van der Waals surface area (Å²) in [5.74, 6) is 0.176. The van der Waals surface area contributed by atoms with Crippen LogP contribution in [0.1, 0.15) is 37.8 Å². The lowest BCUT2D eigenvalue weighted by Crippen LogP contribution is -2.39. The average molecular weight is 322 g/mol. The normalized spacial score (nSPS) is 21.7. The molecule has 1 heterocycles. The highest BCUT2D eigenvalue weighted by atomic mass is 32.2. The van der Waals surface area contributed by atoms with Gasteiger partial charge >= 0.3 is 0 Å². The number of sulfonamides is 1. The molecule has 1 fully saturated rings. The number of amides is 1. The third kappa shape index (κ3) is 2.90. The van der Waals surface area contributed by atoms with E-state index in [9.17, 15) is 13.2 Å². The van der Waals surface area contributed by atoms with Gasteiger partial charge in [-0.15, -0.1) is 0 Å². The molecule has 0 bridgehead atoms. The summed E-state index contributed by atoms with van der Waals surface area (Å²) in [6, 6.07) is 5.97. The average Bonchev–Trinajstić information content (AvgIpc) is 3.02. The molecule has 0 saturated carbocycles. The van der Waals surface area contributed by atoms with Crippen LogP contribution in [0, 0.1) is 0 Å². The molecule has 22 heavy (non-hydrogen) atoms. The molecule has 6 heteroatoms. The van der Waals surface area contributed by atoms with Gasteiger partial charge in [0.2, 0.25) is 15.9 Å². The Labute approximate surface area is 131 Å². The first kappa shape index (κ1) is 15.5. The Hall–Kier alpha value is -1.40. The fourth-order valence-corrected chi connectivity index (χ4v) is 4.05. The van der Waals surface area contributed by atoms with Gasteiger partial charge in [0.05, 0.1) is 5.25 Å². The van der Waals surface area contributed by atoms with Gasteiger partial charge in [-0.25, -0.2) is 13.1 Å². The second-order valence-corrected chi connectivity index (χ2v) is 8.69. The predicted octanol–water partition coefficient (Wildman–Crippen LogP) is 1.61. The molecule has 5 nitrogen and oxygen atoms in total. The smallest absolute Gasteiger partial charge is 0.227 e. The molecule has 1 saturated heterocycles. The number of nitrogens with one attached hydrogen (secondary N) is 1. The van der Waals surface area contributed by atoms with Crippen molar-refractivity contribution >= 4 is 21.6 Å². The van der Waals surface area contributed by atoms with Crippen LogP contribution in [0.2, 0.25) is 0 Å². The molecule has 0 aromatic heterocycles. The molecule has 2 aliphatic rings. The Balaban J connectivity index is 1.75. The molecular formula is C16H22N2O3S. The number of benzene rings is 1. The fourth-order valence-electron chi connectivity index (χ4n) is 3.15. The maximum atomic E-state index is 12.0. The van der Waals surface area contributed by atoms with Gasteiger partial charge < -0.3 is 4.90 Å². The lowest BCUT2D eigenvalue weighted by atomic mass is 10.1. The van der Waals surface area contributed by atoms with Gasteiger partial charge in [-0.05, 0) is 56.4 Å². The molecule has 3 rings (SSSR count). The topological polar surface area (TPSA) is 66.5 Å². The number of nitrogens with zero attached hydrogens (tertiary/aromatic N) is 1. The third-order valence-electron chi connectivity index (χ3n) is 4.46. The summed E-state index contributed by atoms with van der Waals surface area (Å²) in [6.07, 6.45) is 2.94. The summed E-state index contributed by atoms with van der Waals surface area (Å²) in [5, 5.41) is -0.422. The van der Waals surface area contributed by atoms with Crippen molar-refractivity contribution in [1.82, 2.24) is 4.72 Å². The van der Waals surface area contributed by atoms with Crippen LogP contribution in [0.4, 0.5) is 5.69 Å². The first-order valence-electron chi connectivity index (χ1n) is 7.80. The van der Waals surface area contributed by atoms with E-state index in [1.165, 1.54) is 5.56 Å². The molecule has 120 valence electrons. The molecule has 1 N–H and O–H groups in total. The van der Waals surface area contributed by atoms with Gasteiger partial charge in [-0.3, -0.25) is 4.79 Å². The Bertz CT molecular complexity index is 697. The zero-order valence-corrected chi connectivity index (χ0v) is 13.8. The van der Waals surface area contributed by atoms with E-state index in [2.05, 4.69) is 4.72 Å². The Morgan fingerprint density at radius 2 is 1.95 bits per heavy atom. The Morgan fingerprint density at radius 3 is 2.59 bits per heavy atom. The summed E-state index contributed by atoms with van der Waals surface area (Å²) in [4.78, 5) is 13.7. The first-order chi connectivity index (χ1) is 10.4.